The summed E-state index contributed by atoms with van der Waals surface area (Å²) < 4.78 is 15.6. The number of aromatic nitrogens is 4. The number of aryl methyl sites for hydroxylation is 2. The van der Waals surface area contributed by atoms with Crippen LogP contribution in [0.2, 0.25) is 0 Å². The Bertz CT molecular complexity index is 754. The van der Waals surface area contributed by atoms with Crippen molar-refractivity contribution >= 4 is 5.91 Å². The van der Waals surface area contributed by atoms with Crippen LogP contribution < -0.4 is 0 Å². The highest BCUT2D eigenvalue weighted by molar-refractivity contribution is 5.94. The van der Waals surface area contributed by atoms with Gasteiger partial charge in [0, 0.05) is 38.3 Å². The molecule has 1 amide bonds. The molecule has 0 saturated carbocycles. The zero-order chi connectivity index (χ0) is 18.5. The lowest BCUT2D eigenvalue weighted by atomic mass is 10.1. The van der Waals surface area contributed by atoms with E-state index in [1.54, 1.807) is 24.0 Å². The topological polar surface area (TPSA) is 67.2 Å². The van der Waals surface area contributed by atoms with E-state index in [4.69, 9.17) is 0 Å². The first-order valence-electron chi connectivity index (χ1n) is 9.11. The van der Waals surface area contributed by atoms with Crippen molar-refractivity contribution in [3.63, 3.8) is 0 Å². The van der Waals surface area contributed by atoms with Crippen LogP contribution in [0, 0.1) is 12.7 Å². The predicted molar refractivity (Wildman–Crippen MR) is 95.0 cm³/mol. The highest BCUT2D eigenvalue weighted by Gasteiger charge is 2.23. The van der Waals surface area contributed by atoms with Crippen molar-refractivity contribution in [2.24, 2.45) is 0 Å². The molecular weight excluding hydrogens is 335 g/mol. The maximum absolute atomic E-state index is 13.7. The molecule has 1 fully saturated rings. The Morgan fingerprint density at radius 1 is 1.23 bits per heavy atom. The van der Waals surface area contributed by atoms with Gasteiger partial charge in [0.1, 0.15) is 5.82 Å². The van der Waals surface area contributed by atoms with Crippen LogP contribution in [0.4, 0.5) is 4.39 Å². The number of piperazine rings is 1. The molecule has 1 aliphatic heterocycles. The summed E-state index contributed by atoms with van der Waals surface area (Å²) in [5, 5.41) is 11.9. The van der Waals surface area contributed by atoms with Crippen molar-refractivity contribution in [3.8, 4) is 0 Å². The van der Waals surface area contributed by atoms with Crippen molar-refractivity contribution in [1.29, 1.82) is 0 Å². The van der Waals surface area contributed by atoms with Gasteiger partial charge in [-0.15, -0.1) is 5.10 Å². The second-order valence-corrected chi connectivity index (χ2v) is 6.70. The highest BCUT2D eigenvalue weighted by atomic mass is 19.1. The molecule has 1 aliphatic rings. The Kier molecular flexibility index (Phi) is 5.92. The fourth-order valence-corrected chi connectivity index (χ4v) is 3.04. The fourth-order valence-electron chi connectivity index (χ4n) is 3.04. The van der Waals surface area contributed by atoms with Crippen LogP contribution in [0.15, 0.2) is 18.2 Å². The molecule has 0 bridgehead atoms. The maximum Gasteiger partial charge on any atom is 0.254 e. The van der Waals surface area contributed by atoms with Gasteiger partial charge in [-0.25, -0.2) is 9.07 Å². The summed E-state index contributed by atoms with van der Waals surface area (Å²) in [6.45, 7) is 8.07. The molecule has 1 aromatic heterocycles. The smallest absolute Gasteiger partial charge is 0.254 e. The summed E-state index contributed by atoms with van der Waals surface area (Å²) in [7, 11) is 0. The highest BCUT2D eigenvalue weighted by Crippen LogP contribution is 2.14. The third kappa shape index (κ3) is 4.24. The van der Waals surface area contributed by atoms with Crippen LogP contribution in [0.1, 0.15) is 41.5 Å². The Morgan fingerprint density at radius 3 is 2.69 bits per heavy atom. The third-order valence-electron chi connectivity index (χ3n) is 4.77. The van der Waals surface area contributed by atoms with Crippen molar-refractivity contribution in [2.45, 2.75) is 39.8 Å². The molecule has 7 nitrogen and oxygen atoms in total. The van der Waals surface area contributed by atoms with Crippen LogP contribution in [0.25, 0.3) is 0 Å². The molecule has 1 aromatic carbocycles. The molecule has 8 heteroatoms. The van der Waals surface area contributed by atoms with Crippen molar-refractivity contribution in [2.75, 3.05) is 26.2 Å². The molecule has 0 atom stereocenters. The first-order valence-corrected chi connectivity index (χ1v) is 9.11. The number of tetrazole rings is 1. The van der Waals surface area contributed by atoms with E-state index in [0.29, 0.717) is 30.8 Å². The largest absolute Gasteiger partial charge is 0.336 e. The number of hydrogen-bond acceptors (Lipinski definition) is 5. The van der Waals surface area contributed by atoms with Gasteiger partial charge in [-0.05, 0) is 41.5 Å². The molecule has 0 radical (unpaired) electrons. The van der Waals surface area contributed by atoms with Crippen LogP contribution in [0.5, 0.6) is 0 Å². The molecule has 0 aliphatic carbocycles. The van der Waals surface area contributed by atoms with Gasteiger partial charge in [0.15, 0.2) is 5.82 Å². The van der Waals surface area contributed by atoms with Crippen molar-refractivity contribution in [3.05, 3.63) is 41.0 Å². The zero-order valence-electron chi connectivity index (χ0n) is 15.4. The molecule has 0 unspecified atom stereocenters. The average Bonchev–Trinajstić information content (AvgIpc) is 3.09. The van der Waals surface area contributed by atoms with E-state index in [1.807, 2.05) is 4.68 Å². The summed E-state index contributed by atoms with van der Waals surface area (Å²) in [5.74, 6) is 0.406. The molecule has 1 saturated heterocycles. The second kappa shape index (κ2) is 8.35. The van der Waals surface area contributed by atoms with Crippen LogP contribution >= 0.6 is 0 Å². The number of amides is 1. The van der Waals surface area contributed by atoms with E-state index < -0.39 is 0 Å². The lowest BCUT2D eigenvalue weighted by Gasteiger charge is -2.34. The van der Waals surface area contributed by atoms with Crippen LogP contribution in [-0.4, -0.2) is 62.1 Å². The summed E-state index contributed by atoms with van der Waals surface area (Å²) in [6, 6.07) is 4.66. The Balaban J connectivity index is 1.55. The number of nitrogens with zero attached hydrogens (tertiary/aromatic N) is 6. The summed E-state index contributed by atoms with van der Waals surface area (Å²) in [6.07, 6.45) is 2.15. The minimum Gasteiger partial charge on any atom is -0.336 e. The predicted octanol–water partition coefficient (Wildman–Crippen LogP) is 1.88. The van der Waals surface area contributed by atoms with Gasteiger partial charge < -0.3 is 4.90 Å². The van der Waals surface area contributed by atoms with Gasteiger partial charge in [-0.2, -0.15) is 0 Å². The third-order valence-corrected chi connectivity index (χ3v) is 4.77. The van der Waals surface area contributed by atoms with Crippen molar-refractivity contribution in [1.82, 2.24) is 30.0 Å². The minimum atomic E-state index is -0.339. The number of halogens is 1. The quantitative estimate of drug-likeness (QED) is 0.787. The first-order chi connectivity index (χ1) is 12.6. The zero-order valence-corrected chi connectivity index (χ0v) is 15.4. The SMILES string of the molecule is CCCCn1nnnc1CN1CCN(C(=O)c2ccc(C)c(F)c2)CC1. The number of unbranched alkanes of at least 4 members (excludes halogenated alkanes) is 1. The number of hydrogen-bond donors (Lipinski definition) is 0. The van der Waals surface area contributed by atoms with Crippen LogP contribution in [-0.2, 0) is 13.1 Å². The lowest BCUT2D eigenvalue weighted by Crippen LogP contribution is -2.48. The van der Waals surface area contributed by atoms with Gasteiger partial charge in [-0.3, -0.25) is 9.69 Å². The van der Waals surface area contributed by atoms with E-state index in [0.717, 1.165) is 38.3 Å². The van der Waals surface area contributed by atoms with E-state index >= 15 is 0 Å². The van der Waals surface area contributed by atoms with E-state index in [1.165, 1.54) is 6.07 Å². The molecule has 2 heterocycles. The lowest BCUT2D eigenvalue weighted by molar-refractivity contribution is 0.0623. The molecule has 0 N–H and O–H groups in total. The number of rotatable bonds is 6. The monoisotopic (exact) mass is 360 g/mol. The maximum atomic E-state index is 13.7. The summed E-state index contributed by atoms with van der Waals surface area (Å²) in [5.41, 5.74) is 0.956. The van der Waals surface area contributed by atoms with Crippen molar-refractivity contribution < 1.29 is 9.18 Å². The Hall–Kier alpha value is -2.35. The normalized spacial score (nSPS) is 15.4. The minimum absolute atomic E-state index is 0.115. The molecule has 0 spiro atoms. The fraction of sp³-hybridized carbons (Fsp3) is 0.556. The van der Waals surface area contributed by atoms with Gasteiger partial charge in [0.2, 0.25) is 0 Å². The van der Waals surface area contributed by atoms with E-state index in [-0.39, 0.29) is 11.7 Å². The number of benzene rings is 1. The summed E-state index contributed by atoms with van der Waals surface area (Å²) in [4.78, 5) is 16.6. The average molecular weight is 360 g/mol. The second-order valence-electron chi connectivity index (χ2n) is 6.70. The molecule has 26 heavy (non-hydrogen) atoms. The number of carbonyl (C=O) groups is 1. The first kappa shape index (κ1) is 18.4. The van der Waals surface area contributed by atoms with E-state index in [9.17, 15) is 9.18 Å². The molecular formula is C18H25FN6O. The Morgan fingerprint density at radius 2 is 2.00 bits per heavy atom. The Labute approximate surface area is 152 Å². The molecule has 3 rings (SSSR count). The van der Waals surface area contributed by atoms with E-state index in [2.05, 4.69) is 27.3 Å². The van der Waals surface area contributed by atoms with Gasteiger partial charge in [-0.1, -0.05) is 19.4 Å². The molecule has 140 valence electrons. The van der Waals surface area contributed by atoms with Crippen LogP contribution in [0.3, 0.4) is 0 Å². The van der Waals surface area contributed by atoms with Gasteiger partial charge in [0.25, 0.3) is 5.91 Å². The number of carbonyl (C=O) groups excluding carboxylic acids is 1. The van der Waals surface area contributed by atoms with Gasteiger partial charge in [0.05, 0.1) is 6.54 Å². The molecule has 2 aromatic rings. The van der Waals surface area contributed by atoms with Gasteiger partial charge >= 0.3 is 0 Å². The standard InChI is InChI=1S/C18H25FN6O/c1-3-4-7-25-17(20-21-22-25)13-23-8-10-24(11-9-23)18(26)15-6-5-14(2)16(19)12-15/h5-6,12H,3-4,7-11,13H2,1-2H3. The summed E-state index contributed by atoms with van der Waals surface area (Å²) >= 11 is 0.